The highest BCUT2D eigenvalue weighted by Gasteiger charge is 2.20. The Morgan fingerprint density at radius 3 is 2.75 bits per heavy atom. The molecule has 2 rings (SSSR count). The lowest BCUT2D eigenvalue weighted by Gasteiger charge is -2.08. The molecule has 2 N–H and O–H groups in total. The number of hydrogen-bond donors (Lipinski definition) is 1. The van der Waals surface area contributed by atoms with Crippen LogP contribution in [0, 0.1) is 24.0 Å². The molecule has 0 atom stereocenters. The van der Waals surface area contributed by atoms with Gasteiger partial charge in [-0.25, -0.2) is 4.68 Å². The molecule has 0 radical (unpaired) electrons. The van der Waals surface area contributed by atoms with Gasteiger partial charge in [0.1, 0.15) is 0 Å². The predicted octanol–water partition coefficient (Wildman–Crippen LogP) is 2.20. The molecular formula is C13H16N4O3. The molecule has 0 saturated heterocycles. The molecular weight excluding hydrogens is 260 g/mol. The van der Waals surface area contributed by atoms with Crippen LogP contribution in [-0.2, 0) is 13.6 Å². The Morgan fingerprint density at radius 1 is 1.45 bits per heavy atom. The highest BCUT2D eigenvalue weighted by atomic mass is 16.6. The van der Waals surface area contributed by atoms with E-state index in [2.05, 4.69) is 5.10 Å². The van der Waals surface area contributed by atoms with Crippen LogP contribution < -0.4 is 10.5 Å². The zero-order valence-corrected chi connectivity index (χ0v) is 11.6. The van der Waals surface area contributed by atoms with E-state index in [0.29, 0.717) is 5.88 Å². The Kier molecular flexibility index (Phi) is 3.71. The van der Waals surface area contributed by atoms with E-state index < -0.39 is 4.92 Å². The van der Waals surface area contributed by atoms with Gasteiger partial charge in [0.15, 0.2) is 0 Å². The van der Waals surface area contributed by atoms with Crippen LogP contribution in [0.1, 0.15) is 16.8 Å². The Balaban J connectivity index is 2.48. The Labute approximate surface area is 116 Å². The molecule has 0 saturated carbocycles. The summed E-state index contributed by atoms with van der Waals surface area (Å²) in [5.74, 6) is 0.607. The third-order valence-corrected chi connectivity index (χ3v) is 3.01. The fourth-order valence-corrected chi connectivity index (χ4v) is 2.00. The number of benzene rings is 1. The van der Waals surface area contributed by atoms with Crippen LogP contribution in [0.25, 0.3) is 0 Å². The summed E-state index contributed by atoms with van der Waals surface area (Å²) in [6.07, 6.45) is 0. The maximum atomic E-state index is 11.1. The molecule has 0 aliphatic rings. The first kappa shape index (κ1) is 14.0. The molecule has 20 heavy (non-hydrogen) atoms. The first-order chi connectivity index (χ1) is 9.43. The van der Waals surface area contributed by atoms with Crippen molar-refractivity contribution in [3.63, 3.8) is 0 Å². The van der Waals surface area contributed by atoms with Crippen molar-refractivity contribution in [2.75, 3.05) is 0 Å². The quantitative estimate of drug-likeness (QED) is 0.682. The van der Waals surface area contributed by atoms with Crippen LogP contribution in [0.5, 0.6) is 11.6 Å². The Hall–Kier alpha value is -2.41. The molecule has 0 amide bonds. The van der Waals surface area contributed by atoms with E-state index in [1.165, 1.54) is 10.7 Å². The van der Waals surface area contributed by atoms with Crippen LogP contribution in [-0.4, -0.2) is 14.7 Å². The first-order valence-corrected chi connectivity index (χ1v) is 6.09. The fraction of sp³-hybridized carbons (Fsp3) is 0.308. The molecule has 1 aromatic heterocycles. The molecule has 1 heterocycles. The zero-order chi connectivity index (χ0) is 14.9. The van der Waals surface area contributed by atoms with Gasteiger partial charge in [0.05, 0.1) is 16.2 Å². The number of ether oxygens (including phenoxy) is 1. The summed E-state index contributed by atoms with van der Waals surface area (Å²) in [5, 5.41) is 15.3. The molecule has 7 heteroatoms. The van der Waals surface area contributed by atoms with Gasteiger partial charge in [0.2, 0.25) is 11.6 Å². The molecule has 0 unspecified atom stereocenters. The van der Waals surface area contributed by atoms with Gasteiger partial charge < -0.3 is 10.5 Å². The van der Waals surface area contributed by atoms with Crippen LogP contribution in [0.15, 0.2) is 18.2 Å². The Morgan fingerprint density at radius 2 is 2.15 bits per heavy atom. The van der Waals surface area contributed by atoms with Gasteiger partial charge in [-0.1, -0.05) is 6.07 Å². The van der Waals surface area contributed by atoms with E-state index in [0.717, 1.165) is 16.8 Å². The number of nitrogens with zero attached hydrogens (tertiary/aromatic N) is 3. The molecule has 1 aromatic carbocycles. The molecule has 7 nitrogen and oxygen atoms in total. The van der Waals surface area contributed by atoms with Gasteiger partial charge in [-0.2, -0.15) is 5.10 Å². The maximum Gasteiger partial charge on any atom is 0.311 e. The van der Waals surface area contributed by atoms with Gasteiger partial charge in [-0.05, 0) is 25.5 Å². The summed E-state index contributed by atoms with van der Waals surface area (Å²) in [5.41, 5.74) is 7.88. The SMILES string of the molecule is Cc1ccc(Oc2c(CN)c(C)nn2C)c([N+](=O)[O-])c1. The smallest absolute Gasteiger partial charge is 0.311 e. The van der Waals surface area contributed by atoms with Crippen LogP contribution >= 0.6 is 0 Å². The standard InChI is InChI=1S/C13H16N4O3/c1-8-4-5-12(11(6-8)17(18)19)20-13-10(7-14)9(2)15-16(13)3/h4-6H,7,14H2,1-3H3. The van der Waals surface area contributed by atoms with Crippen LogP contribution in [0.4, 0.5) is 5.69 Å². The van der Waals surface area contributed by atoms with E-state index >= 15 is 0 Å². The normalized spacial score (nSPS) is 10.6. The van der Waals surface area contributed by atoms with Gasteiger partial charge in [-0.3, -0.25) is 10.1 Å². The molecule has 0 spiro atoms. The minimum atomic E-state index is -0.465. The summed E-state index contributed by atoms with van der Waals surface area (Å²) in [6.45, 7) is 3.86. The highest BCUT2D eigenvalue weighted by molar-refractivity contribution is 5.50. The number of nitrogens with two attached hydrogens (primary N) is 1. The number of aromatic nitrogens is 2. The summed E-state index contributed by atoms with van der Waals surface area (Å²) in [6, 6.07) is 4.81. The van der Waals surface area contributed by atoms with Crippen molar-refractivity contribution in [2.45, 2.75) is 20.4 Å². The van der Waals surface area contributed by atoms with E-state index in [1.807, 2.05) is 6.92 Å². The second-order valence-electron chi connectivity index (χ2n) is 4.53. The maximum absolute atomic E-state index is 11.1. The lowest BCUT2D eigenvalue weighted by atomic mass is 10.2. The monoisotopic (exact) mass is 276 g/mol. The second kappa shape index (κ2) is 5.30. The molecule has 0 aliphatic carbocycles. The molecule has 0 bridgehead atoms. The Bertz CT molecular complexity index is 664. The van der Waals surface area contributed by atoms with E-state index in [9.17, 15) is 10.1 Å². The third kappa shape index (κ3) is 2.48. The van der Waals surface area contributed by atoms with Crippen molar-refractivity contribution in [1.29, 1.82) is 0 Å². The summed E-state index contributed by atoms with van der Waals surface area (Å²) in [4.78, 5) is 10.6. The summed E-state index contributed by atoms with van der Waals surface area (Å²) >= 11 is 0. The molecule has 106 valence electrons. The first-order valence-electron chi connectivity index (χ1n) is 6.09. The lowest BCUT2D eigenvalue weighted by Crippen LogP contribution is -2.02. The summed E-state index contributed by atoms with van der Waals surface area (Å²) < 4.78 is 7.21. The van der Waals surface area contributed by atoms with Crippen LogP contribution in [0.3, 0.4) is 0 Å². The van der Waals surface area contributed by atoms with Gasteiger partial charge >= 0.3 is 5.69 Å². The van der Waals surface area contributed by atoms with Crippen molar-refractivity contribution in [1.82, 2.24) is 9.78 Å². The van der Waals surface area contributed by atoms with E-state index in [4.69, 9.17) is 10.5 Å². The molecule has 0 fully saturated rings. The minimum absolute atomic E-state index is 0.0770. The lowest BCUT2D eigenvalue weighted by molar-refractivity contribution is -0.385. The number of aryl methyl sites for hydroxylation is 3. The van der Waals surface area contributed by atoms with E-state index in [-0.39, 0.29) is 18.0 Å². The highest BCUT2D eigenvalue weighted by Crippen LogP contribution is 2.34. The van der Waals surface area contributed by atoms with Crippen LogP contribution in [0.2, 0.25) is 0 Å². The molecule has 2 aromatic rings. The number of hydrogen-bond acceptors (Lipinski definition) is 5. The predicted molar refractivity (Wildman–Crippen MR) is 73.7 cm³/mol. The van der Waals surface area contributed by atoms with Crippen molar-refractivity contribution in [3.8, 4) is 11.6 Å². The third-order valence-electron chi connectivity index (χ3n) is 3.01. The second-order valence-corrected chi connectivity index (χ2v) is 4.53. The average Bonchev–Trinajstić information content (AvgIpc) is 2.65. The number of rotatable bonds is 4. The van der Waals surface area contributed by atoms with Gasteiger partial charge in [-0.15, -0.1) is 0 Å². The molecule has 0 aliphatic heterocycles. The summed E-state index contributed by atoms with van der Waals surface area (Å²) in [7, 11) is 1.71. The minimum Gasteiger partial charge on any atom is -0.432 e. The topological polar surface area (TPSA) is 96.2 Å². The zero-order valence-electron chi connectivity index (χ0n) is 11.6. The van der Waals surface area contributed by atoms with Gasteiger partial charge in [0.25, 0.3) is 0 Å². The van der Waals surface area contributed by atoms with Gasteiger partial charge in [0, 0.05) is 19.7 Å². The average molecular weight is 276 g/mol. The van der Waals surface area contributed by atoms with Crippen molar-refractivity contribution in [2.24, 2.45) is 12.8 Å². The van der Waals surface area contributed by atoms with E-state index in [1.54, 1.807) is 26.1 Å². The largest absolute Gasteiger partial charge is 0.432 e. The number of nitro groups is 1. The van der Waals surface area contributed by atoms with Crippen molar-refractivity contribution >= 4 is 5.69 Å². The fourth-order valence-electron chi connectivity index (χ4n) is 2.00. The number of nitro benzene ring substituents is 1. The van der Waals surface area contributed by atoms with Crippen molar-refractivity contribution < 1.29 is 9.66 Å². The van der Waals surface area contributed by atoms with Crippen molar-refractivity contribution in [3.05, 3.63) is 45.1 Å².